The Labute approximate surface area is 153 Å². The van der Waals surface area contributed by atoms with Gasteiger partial charge < -0.3 is 10.3 Å². The van der Waals surface area contributed by atoms with E-state index in [1.807, 2.05) is 37.3 Å². The van der Waals surface area contributed by atoms with Gasteiger partial charge >= 0.3 is 0 Å². The second-order valence-corrected chi connectivity index (χ2v) is 7.30. The van der Waals surface area contributed by atoms with E-state index in [1.54, 1.807) is 0 Å². The third-order valence-corrected chi connectivity index (χ3v) is 5.14. The Balaban J connectivity index is 2.17. The van der Waals surface area contributed by atoms with Crippen LogP contribution in [0.4, 0.5) is 5.69 Å². The number of nitrogens with zero attached hydrogens (tertiary/aromatic N) is 2. The number of hydrogen-bond acceptors (Lipinski definition) is 2. The number of aryl methyl sites for hydroxylation is 1. The van der Waals surface area contributed by atoms with E-state index in [1.165, 1.54) is 0 Å². The van der Waals surface area contributed by atoms with Crippen LogP contribution in [0.25, 0.3) is 27.5 Å². The van der Waals surface area contributed by atoms with Crippen LogP contribution in [0.2, 0.25) is 5.02 Å². The molecule has 0 aliphatic rings. The van der Waals surface area contributed by atoms with Crippen molar-refractivity contribution in [1.82, 2.24) is 9.55 Å². The van der Waals surface area contributed by atoms with E-state index in [0.29, 0.717) is 5.02 Å². The van der Waals surface area contributed by atoms with Crippen LogP contribution in [0, 0.1) is 13.8 Å². The predicted octanol–water partition coefficient (Wildman–Crippen LogP) is 5.79. The van der Waals surface area contributed by atoms with Crippen LogP contribution < -0.4 is 5.73 Å². The first-order chi connectivity index (χ1) is 11.5. The van der Waals surface area contributed by atoms with Gasteiger partial charge in [-0.2, -0.15) is 0 Å². The number of nitrogen functional groups attached to an aromatic ring is 1. The van der Waals surface area contributed by atoms with E-state index >= 15 is 0 Å². The topological polar surface area (TPSA) is 43.8 Å². The van der Waals surface area contributed by atoms with Crippen LogP contribution in [-0.2, 0) is 0 Å². The summed E-state index contributed by atoms with van der Waals surface area (Å²) in [5.74, 6) is 0. The van der Waals surface area contributed by atoms with Gasteiger partial charge in [0, 0.05) is 37.8 Å². The molecule has 0 bridgehead atoms. The average molecular weight is 401 g/mol. The predicted molar refractivity (Wildman–Crippen MR) is 105 cm³/mol. The molecule has 0 saturated heterocycles. The number of fused-ring (bicyclic) bond motifs is 2. The molecule has 2 heterocycles. The fraction of sp³-hybridized carbons (Fsp3) is 0.105. The second kappa shape index (κ2) is 5.50. The molecule has 0 radical (unpaired) electrons. The van der Waals surface area contributed by atoms with Crippen LogP contribution in [-0.4, -0.2) is 9.55 Å². The smallest absolute Gasteiger partial charge is 0.0727 e. The molecule has 0 saturated carbocycles. The summed E-state index contributed by atoms with van der Waals surface area (Å²) < 4.78 is 3.12. The monoisotopic (exact) mass is 399 g/mol. The number of aromatic nitrogens is 2. The number of halogens is 2. The largest absolute Gasteiger partial charge is 0.398 e. The quantitative estimate of drug-likeness (QED) is 0.411. The van der Waals surface area contributed by atoms with Gasteiger partial charge in [-0.05, 0) is 55.8 Å². The van der Waals surface area contributed by atoms with Crippen LogP contribution in [0.1, 0.15) is 11.3 Å². The lowest BCUT2D eigenvalue weighted by Crippen LogP contribution is -2.01. The third kappa shape index (κ3) is 2.29. The van der Waals surface area contributed by atoms with Crippen molar-refractivity contribution in [2.24, 2.45) is 0 Å². The van der Waals surface area contributed by atoms with Gasteiger partial charge in [0.05, 0.1) is 16.7 Å². The molecule has 4 aromatic rings. The summed E-state index contributed by atoms with van der Waals surface area (Å²) in [5.41, 5.74) is 12.1. The molecule has 120 valence electrons. The Bertz CT molecular complexity index is 1110. The minimum absolute atomic E-state index is 0.700. The second-order valence-electron chi connectivity index (χ2n) is 5.95. The van der Waals surface area contributed by atoms with Crippen molar-refractivity contribution in [3.05, 3.63) is 63.3 Å². The fourth-order valence-electron chi connectivity index (χ4n) is 3.17. The number of nitrogens with two attached hydrogens (primary N) is 1. The Hall–Kier alpha value is -2.04. The summed E-state index contributed by atoms with van der Waals surface area (Å²) in [4.78, 5) is 4.70. The lowest BCUT2D eigenvalue weighted by molar-refractivity contribution is 1.08. The highest BCUT2D eigenvalue weighted by Crippen LogP contribution is 2.34. The molecule has 4 rings (SSSR count). The first kappa shape index (κ1) is 15.5. The molecular weight excluding hydrogens is 386 g/mol. The molecule has 2 aromatic carbocycles. The standard InChI is InChI=1S/C19H15BrClN3/c1-10-11(2)23-17-4-3-13(21)9-15(17)19(10)24-6-5-14-16(22)7-12(20)8-18(14)24/h3-9H,22H2,1-2H3. The van der Waals surface area contributed by atoms with E-state index < -0.39 is 0 Å². The van der Waals surface area contributed by atoms with E-state index in [0.717, 1.165) is 48.9 Å². The number of pyridine rings is 1. The molecule has 2 aromatic heterocycles. The Kier molecular flexibility index (Phi) is 3.55. The van der Waals surface area contributed by atoms with Crippen molar-refractivity contribution in [2.75, 3.05) is 5.73 Å². The summed E-state index contributed by atoms with van der Waals surface area (Å²) in [6, 6.07) is 11.9. The van der Waals surface area contributed by atoms with Gasteiger partial charge in [0.25, 0.3) is 0 Å². The third-order valence-electron chi connectivity index (χ3n) is 4.45. The average Bonchev–Trinajstić information content (AvgIpc) is 2.93. The highest BCUT2D eigenvalue weighted by molar-refractivity contribution is 9.10. The molecule has 24 heavy (non-hydrogen) atoms. The Morgan fingerprint density at radius 1 is 1.08 bits per heavy atom. The van der Waals surface area contributed by atoms with Crippen molar-refractivity contribution in [3.63, 3.8) is 0 Å². The van der Waals surface area contributed by atoms with Crippen LogP contribution >= 0.6 is 27.5 Å². The van der Waals surface area contributed by atoms with Gasteiger partial charge in [-0.25, -0.2) is 0 Å². The summed E-state index contributed by atoms with van der Waals surface area (Å²) >= 11 is 9.79. The zero-order chi connectivity index (χ0) is 17.0. The first-order valence-electron chi connectivity index (χ1n) is 7.58. The molecule has 0 amide bonds. The molecule has 0 unspecified atom stereocenters. The Morgan fingerprint density at radius 2 is 1.88 bits per heavy atom. The van der Waals surface area contributed by atoms with Crippen LogP contribution in [0.3, 0.4) is 0 Å². The van der Waals surface area contributed by atoms with Gasteiger partial charge in [0.2, 0.25) is 0 Å². The minimum atomic E-state index is 0.700. The maximum Gasteiger partial charge on any atom is 0.0727 e. The lowest BCUT2D eigenvalue weighted by Gasteiger charge is -2.15. The summed E-state index contributed by atoms with van der Waals surface area (Å²) in [7, 11) is 0. The van der Waals surface area contributed by atoms with Crippen molar-refractivity contribution in [1.29, 1.82) is 0 Å². The fourth-order valence-corrected chi connectivity index (χ4v) is 3.81. The van der Waals surface area contributed by atoms with Crippen molar-refractivity contribution < 1.29 is 0 Å². The zero-order valence-electron chi connectivity index (χ0n) is 13.3. The lowest BCUT2D eigenvalue weighted by atomic mass is 10.1. The highest BCUT2D eigenvalue weighted by Gasteiger charge is 2.15. The Morgan fingerprint density at radius 3 is 2.67 bits per heavy atom. The van der Waals surface area contributed by atoms with Gasteiger partial charge in [0.15, 0.2) is 0 Å². The molecule has 0 spiro atoms. The van der Waals surface area contributed by atoms with Gasteiger partial charge in [0.1, 0.15) is 0 Å². The maximum atomic E-state index is 6.25. The van der Waals surface area contributed by atoms with Crippen molar-refractivity contribution in [2.45, 2.75) is 13.8 Å². The van der Waals surface area contributed by atoms with Gasteiger partial charge in [-0.3, -0.25) is 4.98 Å². The molecule has 0 aliphatic carbocycles. The SMILES string of the molecule is Cc1nc2ccc(Cl)cc2c(-n2ccc3c(N)cc(Br)cc32)c1C. The van der Waals surface area contributed by atoms with E-state index in [2.05, 4.69) is 39.7 Å². The van der Waals surface area contributed by atoms with Crippen LogP contribution in [0.5, 0.6) is 0 Å². The van der Waals surface area contributed by atoms with E-state index in [9.17, 15) is 0 Å². The molecule has 3 nitrogen and oxygen atoms in total. The molecular formula is C19H15BrClN3. The number of anilines is 1. The zero-order valence-corrected chi connectivity index (χ0v) is 15.6. The molecule has 0 aliphatic heterocycles. The van der Waals surface area contributed by atoms with Crippen LogP contribution in [0.15, 0.2) is 47.1 Å². The van der Waals surface area contributed by atoms with Crippen molar-refractivity contribution in [3.8, 4) is 5.69 Å². The van der Waals surface area contributed by atoms with E-state index in [-0.39, 0.29) is 0 Å². The van der Waals surface area contributed by atoms with Gasteiger partial charge in [-0.1, -0.05) is 27.5 Å². The maximum absolute atomic E-state index is 6.25. The number of hydrogen-bond donors (Lipinski definition) is 1. The molecule has 5 heteroatoms. The number of rotatable bonds is 1. The molecule has 0 fully saturated rings. The molecule has 0 atom stereocenters. The highest BCUT2D eigenvalue weighted by atomic mass is 79.9. The first-order valence-corrected chi connectivity index (χ1v) is 8.75. The minimum Gasteiger partial charge on any atom is -0.398 e. The number of benzene rings is 2. The summed E-state index contributed by atoms with van der Waals surface area (Å²) in [6.45, 7) is 4.12. The van der Waals surface area contributed by atoms with E-state index in [4.69, 9.17) is 22.3 Å². The van der Waals surface area contributed by atoms with Crippen molar-refractivity contribution >= 4 is 55.0 Å². The normalized spacial score (nSPS) is 11.5. The van der Waals surface area contributed by atoms with Gasteiger partial charge in [-0.15, -0.1) is 0 Å². The summed E-state index contributed by atoms with van der Waals surface area (Å²) in [6.07, 6.45) is 2.05. The summed E-state index contributed by atoms with van der Waals surface area (Å²) in [5, 5.41) is 2.76. The molecule has 2 N–H and O–H groups in total.